The predicted octanol–water partition coefficient (Wildman–Crippen LogP) is 2.87. The molecular formula is C18H26N2O2S. The van der Waals surface area contributed by atoms with Gasteiger partial charge in [-0.05, 0) is 49.8 Å². The minimum absolute atomic E-state index is 0.362. The van der Waals surface area contributed by atoms with E-state index in [0.717, 1.165) is 64.2 Å². The van der Waals surface area contributed by atoms with E-state index in [9.17, 15) is 4.79 Å². The maximum Gasteiger partial charge on any atom is 0.222 e. The van der Waals surface area contributed by atoms with Gasteiger partial charge in [-0.1, -0.05) is 0 Å². The zero-order valence-electron chi connectivity index (χ0n) is 13.9. The molecule has 0 saturated carbocycles. The van der Waals surface area contributed by atoms with E-state index in [1.165, 1.54) is 4.90 Å². The second-order valence-electron chi connectivity index (χ2n) is 6.29. The summed E-state index contributed by atoms with van der Waals surface area (Å²) in [5, 5.41) is 0. The fourth-order valence-corrected chi connectivity index (χ4v) is 3.88. The minimum Gasteiger partial charge on any atom is -0.492 e. The van der Waals surface area contributed by atoms with Crippen molar-refractivity contribution in [2.75, 3.05) is 39.0 Å². The number of thioether (sulfide) groups is 1. The molecule has 3 rings (SSSR count). The SMILES string of the molecule is CSc1ccc(OCCN2CCC(N3CCCC3=O)CC2)cc1. The van der Waals surface area contributed by atoms with Gasteiger partial charge in [-0.25, -0.2) is 0 Å². The van der Waals surface area contributed by atoms with E-state index in [2.05, 4.69) is 28.2 Å². The average Bonchev–Trinajstić information content (AvgIpc) is 3.02. The van der Waals surface area contributed by atoms with Crippen LogP contribution in [0.1, 0.15) is 25.7 Å². The zero-order valence-corrected chi connectivity index (χ0v) is 14.7. The predicted molar refractivity (Wildman–Crippen MR) is 94.1 cm³/mol. The number of piperidine rings is 1. The second-order valence-corrected chi connectivity index (χ2v) is 7.17. The van der Waals surface area contributed by atoms with Crippen LogP contribution in [0.25, 0.3) is 0 Å². The third-order valence-corrected chi connectivity index (χ3v) is 5.59. The summed E-state index contributed by atoms with van der Waals surface area (Å²) in [4.78, 5) is 17.6. The molecule has 1 aromatic rings. The van der Waals surface area contributed by atoms with Gasteiger partial charge in [-0.3, -0.25) is 9.69 Å². The fraction of sp³-hybridized carbons (Fsp3) is 0.611. The molecule has 23 heavy (non-hydrogen) atoms. The Kier molecular flexibility index (Phi) is 5.84. The van der Waals surface area contributed by atoms with E-state index in [4.69, 9.17) is 4.74 Å². The first-order valence-corrected chi connectivity index (χ1v) is 9.77. The summed E-state index contributed by atoms with van der Waals surface area (Å²) in [5.41, 5.74) is 0. The summed E-state index contributed by atoms with van der Waals surface area (Å²) in [5.74, 6) is 1.31. The first kappa shape index (κ1) is 16.7. The van der Waals surface area contributed by atoms with Gasteiger partial charge in [0, 0.05) is 43.5 Å². The maximum absolute atomic E-state index is 11.8. The quantitative estimate of drug-likeness (QED) is 0.749. The van der Waals surface area contributed by atoms with Gasteiger partial charge in [0.1, 0.15) is 12.4 Å². The van der Waals surface area contributed by atoms with Crippen LogP contribution in [0.5, 0.6) is 5.75 Å². The summed E-state index contributed by atoms with van der Waals surface area (Å²) in [6, 6.07) is 8.74. The largest absolute Gasteiger partial charge is 0.492 e. The third kappa shape index (κ3) is 4.42. The van der Waals surface area contributed by atoms with Gasteiger partial charge >= 0.3 is 0 Å². The minimum atomic E-state index is 0.362. The number of carbonyl (C=O) groups is 1. The van der Waals surface area contributed by atoms with E-state index in [0.29, 0.717) is 11.9 Å². The van der Waals surface area contributed by atoms with Crippen LogP contribution >= 0.6 is 11.8 Å². The highest BCUT2D eigenvalue weighted by Crippen LogP contribution is 2.22. The molecule has 2 heterocycles. The van der Waals surface area contributed by atoms with Crippen LogP contribution in [0, 0.1) is 0 Å². The first-order chi connectivity index (χ1) is 11.3. The summed E-state index contributed by atoms with van der Waals surface area (Å²) in [6.45, 7) is 4.81. The van der Waals surface area contributed by atoms with Crippen molar-refractivity contribution in [1.82, 2.24) is 9.80 Å². The molecule has 0 aliphatic carbocycles. The molecule has 0 spiro atoms. The molecule has 2 saturated heterocycles. The lowest BCUT2D eigenvalue weighted by Crippen LogP contribution is -2.46. The highest BCUT2D eigenvalue weighted by atomic mass is 32.2. The number of carbonyl (C=O) groups excluding carboxylic acids is 1. The number of ether oxygens (including phenoxy) is 1. The molecule has 5 heteroatoms. The third-order valence-electron chi connectivity index (χ3n) is 4.84. The first-order valence-electron chi connectivity index (χ1n) is 8.55. The van der Waals surface area contributed by atoms with Gasteiger partial charge in [0.25, 0.3) is 0 Å². The Labute approximate surface area is 143 Å². The number of likely N-dealkylation sites (tertiary alicyclic amines) is 2. The Bertz CT molecular complexity index is 512. The molecule has 0 bridgehead atoms. The smallest absolute Gasteiger partial charge is 0.222 e. The Balaban J connectivity index is 1.36. The number of hydrogen-bond acceptors (Lipinski definition) is 4. The normalized spacial score (nSPS) is 20.2. The summed E-state index contributed by atoms with van der Waals surface area (Å²) >= 11 is 1.74. The Morgan fingerprint density at radius 1 is 1.17 bits per heavy atom. The molecule has 1 aromatic carbocycles. The van der Waals surface area contributed by atoms with Gasteiger partial charge in [0.15, 0.2) is 0 Å². The molecule has 4 nitrogen and oxygen atoms in total. The number of hydrogen-bond donors (Lipinski definition) is 0. The lowest BCUT2D eigenvalue weighted by atomic mass is 10.0. The fourth-order valence-electron chi connectivity index (χ4n) is 3.47. The van der Waals surface area contributed by atoms with E-state index in [1.54, 1.807) is 11.8 Å². The van der Waals surface area contributed by atoms with Crippen molar-refractivity contribution in [3.63, 3.8) is 0 Å². The molecule has 0 N–H and O–H groups in total. The lowest BCUT2D eigenvalue weighted by Gasteiger charge is -2.36. The Hall–Kier alpha value is -1.20. The molecule has 0 atom stereocenters. The molecular weight excluding hydrogens is 308 g/mol. The number of rotatable bonds is 6. The van der Waals surface area contributed by atoms with Crippen LogP contribution in [0.2, 0.25) is 0 Å². The van der Waals surface area contributed by atoms with Crippen molar-refractivity contribution in [3.05, 3.63) is 24.3 Å². The average molecular weight is 334 g/mol. The second kappa shape index (κ2) is 8.06. The molecule has 0 aromatic heterocycles. The van der Waals surface area contributed by atoms with Gasteiger partial charge in [0.05, 0.1) is 0 Å². The van der Waals surface area contributed by atoms with Gasteiger partial charge in [-0.15, -0.1) is 11.8 Å². The van der Waals surface area contributed by atoms with Crippen LogP contribution in [-0.2, 0) is 4.79 Å². The lowest BCUT2D eigenvalue weighted by molar-refractivity contribution is -0.130. The van der Waals surface area contributed by atoms with Gasteiger partial charge in [-0.2, -0.15) is 0 Å². The number of benzene rings is 1. The Morgan fingerprint density at radius 2 is 1.91 bits per heavy atom. The monoisotopic (exact) mass is 334 g/mol. The van der Waals surface area contributed by atoms with Crippen molar-refractivity contribution in [2.24, 2.45) is 0 Å². The molecule has 0 radical (unpaired) electrons. The molecule has 1 amide bonds. The summed E-state index contributed by atoms with van der Waals surface area (Å²) in [7, 11) is 0. The van der Waals surface area contributed by atoms with Crippen LogP contribution in [0.3, 0.4) is 0 Å². The highest BCUT2D eigenvalue weighted by Gasteiger charge is 2.30. The maximum atomic E-state index is 11.8. The van der Waals surface area contributed by atoms with Gasteiger partial charge < -0.3 is 9.64 Å². The van der Waals surface area contributed by atoms with E-state index < -0.39 is 0 Å². The van der Waals surface area contributed by atoms with E-state index in [1.807, 2.05) is 12.1 Å². The zero-order chi connectivity index (χ0) is 16.1. The summed E-state index contributed by atoms with van der Waals surface area (Å²) in [6.07, 6.45) is 6.09. The highest BCUT2D eigenvalue weighted by molar-refractivity contribution is 7.98. The van der Waals surface area contributed by atoms with Crippen molar-refractivity contribution in [1.29, 1.82) is 0 Å². The number of amides is 1. The standard InChI is InChI=1S/C18H26N2O2S/c1-23-17-6-4-16(5-7-17)22-14-13-19-11-8-15(9-12-19)20-10-2-3-18(20)21/h4-7,15H,2-3,8-14H2,1H3. The molecule has 2 aliphatic rings. The topological polar surface area (TPSA) is 32.8 Å². The molecule has 2 aliphatic heterocycles. The van der Waals surface area contributed by atoms with Crippen molar-refractivity contribution in [3.8, 4) is 5.75 Å². The van der Waals surface area contributed by atoms with E-state index >= 15 is 0 Å². The van der Waals surface area contributed by atoms with Gasteiger partial charge in [0.2, 0.25) is 5.91 Å². The van der Waals surface area contributed by atoms with Crippen LogP contribution in [-0.4, -0.2) is 60.8 Å². The molecule has 126 valence electrons. The number of nitrogens with zero attached hydrogens (tertiary/aromatic N) is 2. The van der Waals surface area contributed by atoms with Crippen molar-refractivity contribution < 1.29 is 9.53 Å². The summed E-state index contributed by atoms with van der Waals surface area (Å²) < 4.78 is 5.84. The van der Waals surface area contributed by atoms with Crippen LogP contribution in [0.4, 0.5) is 0 Å². The van der Waals surface area contributed by atoms with Crippen LogP contribution < -0.4 is 4.74 Å². The molecule has 2 fully saturated rings. The molecule has 0 unspecified atom stereocenters. The van der Waals surface area contributed by atoms with Crippen molar-refractivity contribution in [2.45, 2.75) is 36.6 Å². The van der Waals surface area contributed by atoms with E-state index in [-0.39, 0.29) is 0 Å². The van der Waals surface area contributed by atoms with Crippen molar-refractivity contribution >= 4 is 17.7 Å². The Morgan fingerprint density at radius 3 is 2.52 bits per heavy atom. The van der Waals surface area contributed by atoms with Crippen LogP contribution in [0.15, 0.2) is 29.2 Å².